The number of hydrogen-bond acceptors (Lipinski definition) is 1. The number of ether oxygens (including phenoxy) is 1. The summed E-state index contributed by atoms with van der Waals surface area (Å²) < 4.78 is 6.06. The van der Waals surface area contributed by atoms with Crippen LogP contribution in [0, 0.1) is 17.8 Å². The van der Waals surface area contributed by atoms with Gasteiger partial charge in [0.05, 0.1) is 6.10 Å². The molecule has 2 saturated carbocycles. The van der Waals surface area contributed by atoms with Crippen molar-refractivity contribution in [3.63, 3.8) is 0 Å². The third-order valence-electron chi connectivity index (χ3n) is 5.82. The van der Waals surface area contributed by atoms with Crippen molar-refractivity contribution in [2.45, 2.75) is 83.7 Å². The summed E-state index contributed by atoms with van der Waals surface area (Å²) >= 11 is 0. The van der Waals surface area contributed by atoms with Crippen LogP contribution in [0.25, 0.3) is 0 Å². The normalized spacial score (nSPS) is 33.1. The average molecular weight is 305 g/mol. The first-order valence-electron chi connectivity index (χ1n) is 9.74. The summed E-state index contributed by atoms with van der Waals surface area (Å²) in [7, 11) is 0. The van der Waals surface area contributed by atoms with Crippen LogP contribution >= 0.6 is 0 Å². The van der Waals surface area contributed by atoms with Crippen molar-refractivity contribution in [2.24, 2.45) is 17.8 Å². The Labute approximate surface area is 138 Å². The Kier molecular flexibility index (Phi) is 8.30. The van der Waals surface area contributed by atoms with Gasteiger partial charge in [-0.05, 0) is 75.5 Å². The van der Waals surface area contributed by atoms with Crippen LogP contribution in [0.5, 0.6) is 0 Å². The summed E-state index contributed by atoms with van der Waals surface area (Å²) in [6, 6.07) is 0. The van der Waals surface area contributed by atoms with Gasteiger partial charge in [-0.2, -0.15) is 0 Å². The number of rotatable bonds is 8. The molecule has 1 nitrogen and oxygen atoms in total. The van der Waals surface area contributed by atoms with Crippen molar-refractivity contribution in [2.75, 3.05) is 6.61 Å². The molecule has 0 heterocycles. The fourth-order valence-corrected chi connectivity index (χ4v) is 4.37. The average Bonchev–Trinajstić information content (AvgIpc) is 2.58. The van der Waals surface area contributed by atoms with Gasteiger partial charge in [0.2, 0.25) is 0 Å². The minimum atomic E-state index is 0.569. The number of unbranched alkanes of at least 4 members (excludes halogenated alkanes) is 2. The van der Waals surface area contributed by atoms with E-state index in [9.17, 15) is 0 Å². The van der Waals surface area contributed by atoms with Crippen LogP contribution in [0.4, 0.5) is 0 Å². The molecule has 126 valence electrons. The minimum absolute atomic E-state index is 0.569. The van der Waals surface area contributed by atoms with E-state index in [0.29, 0.717) is 6.10 Å². The Balaban J connectivity index is 1.61. The highest BCUT2D eigenvalue weighted by Gasteiger charge is 2.30. The van der Waals surface area contributed by atoms with Crippen LogP contribution in [0.3, 0.4) is 0 Å². The first kappa shape index (κ1) is 17.8. The van der Waals surface area contributed by atoms with Gasteiger partial charge in [0.25, 0.3) is 0 Å². The zero-order valence-electron chi connectivity index (χ0n) is 14.6. The molecule has 2 fully saturated rings. The maximum atomic E-state index is 6.06. The van der Waals surface area contributed by atoms with Crippen LogP contribution in [-0.2, 0) is 4.74 Å². The molecular formula is C21H36O. The van der Waals surface area contributed by atoms with E-state index < -0.39 is 0 Å². The van der Waals surface area contributed by atoms with E-state index in [4.69, 9.17) is 4.74 Å². The zero-order chi connectivity index (χ0) is 15.6. The lowest BCUT2D eigenvalue weighted by Gasteiger charge is -2.37. The van der Waals surface area contributed by atoms with Crippen LogP contribution in [-0.4, -0.2) is 12.7 Å². The Bertz CT molecular complexity index is 317. The summed E-state index contributed by atoms with van der Waals surface area (Å²) in [6.07, 6.45) is 22.0. The molecular weight excluding hydrogens is 268 g/mol. The van der Waals surface area contributed by atoms with Crippen LogP contribution in [0.1, 0.15) is 77.6 Å². The van der Waals surface area contributed by atoms with Crippen molar-refractivity contribution in [3.8, 4) is 0 Å². The molecule has 0 atom stereocenters. The first-order valence-corrected chi connectivity index (χ1v) is 9.74. The first-order chi connectivity index (χ1) is 10.8. The molecule has 22 heavy (non-hydrogen) atoms. The molecule has 1 heteroatoms. The molecule has 0 aliphatic heterocycles. The van der Waals surface area contributed by atoms with Crippen molar-refractivity contribution >= 4 is 0 Å². The Hall–Kier alpha value is -0.560. The SMILES string of the molecule is C=C/C=C/C1CCC(C2CCC(OCCCCC)CC2)CC1. The van der Waals surface area contributed by atoms with Gasteiger partial charge in [0, 0.05) is 6.61 Å². The van der Waals surface area contributed by atoms with Crippen molar-refractivity contribution < 1.29 is 4.74 Å². The second-order valence-electron chi connectivity index (χ2n) is 7.41. The van der Waals surface area contributed by atoms with E-state index >= 15 is 0 Å². The van der Waals surface area contributed by atoms with E-state index in [1.165, 1.54) is 70.6 Å². The van der Waals surface area contributed by atoms with Gasteiger partial charge in [0.1, 0.15) is 0 Å². The molecule has 0 aromatic rings. The predicted molar refractivity (Wildman–Crippen MR) is 96.0 cm³/mol. The highest BCUT2D eigenvalue weighted by molar-refractivity contribution is 5.01. The van der Waals surface area contributed by atoms with Gasteiger partial charge in [0.15, 0.2) is 0 Å². The van der Waals surface area contributed by atoms with Gasteiger partial charge < -0.3 is 4.74 Å². The third-order valence-corrected chi connectivity index (χ3v) is 5.82. The van der Waals surface area contributed by atoms with Gasteiger partial charge in [-0.1, -0.05) is 44.6 Å². The van der Waals surface area contributed by atoms with Gasteiger partial charge >= 0.3 is 0 Å². The summed E-state index contributed by atoms with van der Waals surface area (Å²) in [5.74, 6) is 2.79. The molecule has 0 aromatic heterocycles. The number of hydrogen-bond donors (Lipinski definition) is 0. The van der Waals surface area contributed by atoms with Crippen molar-refractivity contribution in [3.05, 3.63) is 24.8 Å². The summed E-state index contributed by atoms with van der Waals surface area (Å²) in [6.45, 7) is 7.02. The Morgan fingerprint density at radius 1 is 0.909 bits per heavy atom. The van der Waals surface area contributed by atoms with E-state index in [1.807, 2.05) is 6.08 Å². The summed E-state index contributed by atoms with van der Waals surface area (Å²) in [5, 5.41) is 0. The quantitative estimate of drug-likeness (QED) is 0.377. The van der Waals surface area contributed by atoms with E-state index in [-0.39, 0.29) is 0 Å². The topological polar surface area (TPSA) is 9.23 Å². The van der Waals surface area contributed by atoms with Gasteiger partial charge in [-0.15, -0.1) is 0 Å². The van der Waals surface area contributed by atoms with Crippen LogP contribution in [0.15, 0.2) is 24.8 Å². The molecule has 0 radical (unpaired) electrons. The van der Waals surface area contributed by atoms with E-state index in [0.717, 1.165) is 24.4 Å². The molecule has 0 amide bonds. The fourth-order valence-electron chi connectivity index (χ4n) is 4.37. The van der Waals surface area contributed by atoms with Crippen molar-refractivity contribution in [1.82, 2.24) is 0 Å². The monoisotopic (exact) mass is 304 g/mol. The Morgan fingerprint density at radius 3 is 2.14 bits per heavy atom. The highest BCUT2D eigenvalue weighted by Crippen LogP contribution is 2.40. The zero-order valence-corrected chi connectivity index (χ0v) is 14.6. The molecule has 0 saturated heterocycles. The highest BCUT2D eigenvalue weighted by atomic mass is 16.5. The van der Waals surface area contributed by atoms with E-state index in [1.54, 1.807) is 0 Å². The van der Waals surface area contributed by atoms with E-state index in [2.05, 4.69) is 25.7 Å². The van der Waals surface area contributed by atoms with Crippen LogP contribution in [0.2, 0.25) is 0 Å². The fraction of sp³-hybridized carbons (Fsp3) is 0.810. The molecule has 0 bridgehead atoms. The lowest BCUT2D eigenvalue weighted by molar-refractivity contribution is 0.00606. The second-order valence-corrected chi connectivity index (χ2v) is 7.41. The standard InChI is InChI=1S/C21H36O/c1-3-5-7-17-22-21-15-13-20(14-16-21)19-11-9-18(10-12-19)8-6-4-2/h4,6,8,18-21H,2-3,5,7,9-17H2,1H3/b8-6+. The molecule has 2 aliphatic carbocycles. The Morgan fingerprint density at radius 2 is 1.55 bits per heavy atom. The molecule has 2 aliphatic rings. The van der Waals surface area contributed by atoms with Crippen molar-refractivity contribution in [1.29, 1.82) is 0 Å². The minimum Gasteiger partial charge on any atom is -0.378 e. The smallest absolute Gasteiger partial charge is 0.0575 e. The lowest BCUT2D eigenvalue weighted by atomic mass is 9.70. The predicted octanol–water partition coefficient (Wildman–Crippen LogP) is 6.30. The lowest BCUT2D eigenvalue weighted by Crippen LogP contribution is -2.28. The molecule has 0 aromatic carbocycles. The van der Waals surface area contributed by atoms with Crippen LogP contribution < -0.4 is 0 Å². The summed E-state index contributed by atoms with van der Waals surface area (Å²) in [5.41, 5.74) is 0. The maximum Gasteiger partial charge on any atom is 0.0575 e. The number of allylic oxidation sites excluding steroid dienone is 3. The second kappa shape index (κ2) is 10.3. The van der Waals surface area contributed by atoms with Gasteiger partial charge in [-0.25, -0.2) is 0 Å². The molecule has 2 rings (SSSR count). The molecule has 0 N–H and O–H groups in total. The summed E-state index contributed by atoms with van der Waals surface area (Å²) in [4.78, 5) is 0. The largest absolute Gasteiger partial charge is 0.378 e. The molecule has 0 spiro atoms. The third kappa shape index (κ3) is 5.91. The maximum absolute atomic E-state index is 6.06. The van der Waals surface area contributed by atoms with Gasteiger partial charge in [-0.3, -0.25) is 0 Å². The molecule has 0 unspecified atom stereocenters.